The summed E-state index contributed by atoms with van der Waals surface area (Å²) >= 11 is 5.26. The van der Waals surface area contributed by atoms with Crippen LogP contribution in [0.1, 0.15) is 31.8 Å². The van der Waals surface area contributed by atoms with Crippen LogP contribution in [0, 0.1) is 18.3 Å². The van der Waals surface area contributed by atoms with E-state index in [1.54, 1.807) is 6.92 Å². The average molecular weight is 208 g/mol. The minimum atomic E-state index is -0.637. The zero-order valence-electron chi connectivity index (χ0n) is 7.37. The molecule has 14 heavy (non-hydrogen) atoms. The zero-order valence-corrected chi connectivity index (χ0v) is 8.13. The number of aldehydes is 1. The van der Waals surface area contributed by atoms with Crippen LogP contribution in [0.4, 0.5) is 0 Å². The van der Waals surface area contributed by atoms with Crippen molar-refractivity contribution in [3.63, 3.8) is 0 Å². The van der Waals surface area contributed by atoms with Gasteiger partial charge in [0.1, 0.15) is 0 Å². The molecule has 0 spiro atoms. The van der Waals surface area contributed by atoms with Crippen LogP contribution in [0.15, 0.2) is 12.1 Å². The minimum Gasteiger partial charge on any atom is -0.298 e. The summed E-state index contributed by atoms with van der Waals surface area (Å²) in [6, 6.07) is 4.64. The number of hydrogen-bond donors (Lipinski definition) is 0. The zero-order chi connectivity index (χ0) is 10.7. The molecule has 0 aromatic heterocycles. The quantitative estimate of drug-likeness (QED) is 0.551. The van der Waals surface area contributed by atoms with Gasteiger partial charge in [0.2, 0.25) is 0 Å². The highest BCUT2D eigenvalue weighted by Crippen LogP contribution is 2.16. The lowest BCUT2D eigenvalue weighted by molar-refractivity contribution is 0.107. The molecule has 1 aromatic rings. The van der Waals surface area contributed by atoms with Crippen LogP contribution in [-0.4, -0.2) is 11.5 Å². The Morgan fingerprint density at radius 1 is 1.57 bits per heavy atom. The third kappa shape index (κ3) is 1.81. The van der Waals surface area contributed by atoms with E-state index in [4.69, 9.17) is 16.9 Å². The first-order valence-corrected chi connectivity index (χ1v) is 4.17. The first-order valence-electron chi connectivity index (χ1n) is 3.80. The van der Waals surface area contributed by atoms with Crippen LogP contribution in [0.2, 0.25) is 0 Å². The van der Waals surface area contributed by atoms with E-state index in [0.717, 1.165) is 0 Å². The number of halogens is 1. The van der Waals surface area contributed by atoms with E-state index in [1.807, 2.05) is 6.07 Å². The predicted octanol–water partition coefficient (Wildman–Crippen LogP) is 2.06. The number of aryl methyl sites for hydroxylation is 1. The van der Waals surface area contributed by atoms with E-state index >= 15 is 0 Å². The molecule has 0 fully saturated rings. The number of carbonyl (C=O) groups excluding carboxylic acids is 2. The van der Waals surface area contributed by atoms with Crippen molar-refractivity contribution in [3.8, 4) is 6.07 Å². The third-order valence-electron chi connectivity index (χ3n) is 1.85. The summed E-state index contributed by atoms with van der Waals surface area (Å²) in [5.74, 6) is 0. The van der Waals surface area contributed by atoms with Crippen molar-refractivity contribution in [2.24, 2.45) is 0 Å². The summed E-state index contributed by atoms with van der Waals surface area (Å²) < 4.78 is 0. The molecule has 0 saturated carbocycles. The van der Waals surface area contributed by atoms with E-state index in [-0.39, 0.29) is 11.1 Å². The van der Waals surface area contributed by atoms with Gasteiger partial charge in [0, 0.05) is 11.1 Å². The molecule has 4 heteroatoms. The van der Waals surface area contributed by atoms with Gasteiger partial charge in [0.05, 0.1) is 11.6 Å². The monoisotopic (exact) mass is 207 g/mol. The SMILES string of the molecule is Cc1cc(C(=O)Cl)cc(C#N)c1C=O. The van der Waals surface area contributed by atoms with Crippen molar-refractivity contribution in [2.45, 2.75) is 6.92 Å². The molecule has 0 N–H and O–H groups in total. The number of carbonyl (C=O) groups is 2. The molecule has 0 atom stereocenters. The molecular weight excluding hydrogens is 202 g/mol. The van der Waals surface area contributed by atoms with Gasteiger partial charge in [0.25, 0.3) is 5.24 Å². The van der Waals surface area contributed by atoms with Gasteiger partial charge < -0.3 is 0 Å². The number of hydrogen-bond acceptors (Lipinski definition) is 3. The molecule has 1 aromatic carbocycles. The van der Waals surface area contributed by atoms with Crippen molar-refractivity contribution in [2.75, 3.05) is 0 Å². The first-order chi connectivity index (χ1) is 6.60. The fraction of sp³-hybridized carbons (Fsp3) is 0.100. The van der Waals surface area contributed by atoms with Gasteiger partial charge >= 0.3 is 0 Å². The van der Waals surface area contributed by atoms with E-state index in [1.165, 1.54) is 12.1 Å². The molecule has 0 heterocycles. The summed E-state index contributed by atoms with van der Waals surface area (Å²) in [5, 5.41) is 8.08. The maximum absolute atomic E-state index is 10.8. The molecule has 1 rings (SSSR count). The van der Waals surface area contributed by atoms with Crippen molar-refractivity contribution in [1.82, 2.24) is 0 Å². The molecule has 0 aliphatic carbocycles. The van der Waals surface area contributed by atoms with Gasteiger partial charge in [-0.3, -0.25) is 9.59 Å². The Hall–Kier alpha value is -1.66. The van der Waals surface area contributed by atoms with E-state index in [9.17, 15) is 9.59 Å². The van der Waals surface area contributed by atoms with Crippen molar-refractivity contribution >= 4 is 23.1 Å². The van der Waals surface area contributed by atoms with Gasteiger partial charge in [-0.15, -0.1) is 0 Å². The number of rotatable bonds is 2. The second-order valence-corrected chi connectivity index (χ2v) is 3.10. The average Bonchev–Trinajstić information content (AvgIpc) is 2.16. The molecule has 0 aliphatic heterocycles. The molecule has 0 bridgehead atoms. The topological polar surface area (TPSA) is 57.9 Å². The molecule has 70 valence electrons. The Morgan fingerprint density at radius 3 is 2.64 bits per heavy atom. The van der Waals surface area contributed by atoms with Crippen LogP contribution in [-0.2, 0) is 0 Å². The lowest BCUT2D eigenvalue weighted by Crippen LogP contribution is -1.97. The molecule has 0 saturated heterocycles. The second-order valence-electron chi connectivity index (χ2n) is 2.76. The maximum atomic E-state index is 10.8. The summed E-state index contributed by atoms with van der Waals surface area (Å²) in [4.78, 5) is 21.5. The first kappa shape index (κ1) is 10.4. The summed E-state index contributed by atoms with van der Waals surface area (Å²) in [6.45, 7) is 1.65. The van der Waals surface area contributed by atoms with Crippen molar-refractivity contribution < 1.29 is 9.59 Å². The molecule has 0 radical (unpaired) electrons. The highest BCUT2D eigenvalue weighted by atomic mass is 35.5. The van der Waals surface area contributed by atoms with E-state index in [2.05, 4.69) is 0 Å². The lowest BCUT2D eigenvalue weighted by Gasteiger charge is -2.02. The predicted molar refractivity (Wildman–Crippen MR) is 51.5 cm³/mol. The summed E-state index contributed by atoms with van der Waals surface area (Å²) in [6.07, 6.45) is 0.594. The van der Waals surface area contributed by atoms with E-state index < -0.39 is 5.24 Å². The number of benzene rings is 1. The minimum absolute atomic E-state index is 0.170. The van der Waals surface area contributed by atoms with Gasteiger partial charge in [-0.1, -0.05) is 0 Å². The van der Waals surface area contributed by atoms with Crippen LogP contribution in [0.3, 0.4) is 0 Å². The van der Waals surface area contributed by atoms with E-state index in [0.29, 0.717) is 17.4 Å². The second kappa shape index (κ2) is 4.03. The highest BCUT2D eigenvalue weighted by Gasteiger charge is 2.10. The van der Waals surface area contributed by atoms with Gasteiger partial charge in [-0.05, 0) is 36.2 Å². The Morgan fingerprint density at radius 2 is 2.21 bits per heavy atom. The highest BCUT2D eigenvalue weighted by molar-refractivity contribution is 6.67. The number of nitriles is 1. The molecular formula is C10H6ClNO2. The van der Waals surface area contributed by atoms with Crippen LogP contribution < -0.4 is 0 Å². The summed E-state index contributed by atoms with van der Waals surface area (Å²) in [5.41, 5.74) is 1.27. The smallest absolute Gasteiger partial charge is 0.252 e. The van der Waals surface area contributed by atoms with Crippen LogP contribution >= 0.6 is 11.6 Å². The Balaban J connectivity index is 3.48. The molecule has 3 nitrogen and oxygen atoms in total. The molecule has 0 aliphatic rings. The largest absolute Gasteiger partial charge is 0.298 e. The Labute approximate surface area is 85.9 Å². The fourth-order valence-electron chi connectivity index (χ4n) is 1.16. The van der Waals surface area contributed by atoms with Gasteiger partial charge in [0.15, 0.2) is 6.29 Å². The summed E-state index contributed by atoms with van der Waals surface area (Å²) in [7, 11) is 0. The normalized spacial score (nSPS) is 9.21. The number of nitrogens with zero attached hydrogens (tertiary/aromatic N) is 1. The van der Waals surface area contributed by atoms with Crippen molar-refractivity contribution in [3.05, 3.63) is 34.4 Å². The third-order valence-corrected chi connectivity index (χ3v) is 2.07. The van der Waals surface area contributed by atoms with Gasteiger partial charge in [-0.25, -0.2) is 0 Å². The van der Waals surface area contributed by atoms with Crippen molar-refractivity contribution in [1.29, 1.82) is 5.26 Å². The standard InChI is InChI=1S/C10H6ClNO2/c1-6-2-7(10(11)14)3-8(4-12)9(6)5-13/h2-3,5H,1H3. The lowest BCUT2D eigenvalue weighted by atomic mass is 10.0. The maximum Gasteiger partial charge on any atom is 0.252 e. The fourth-order valence-corrected chi connectivity index (χ4v) is 1.27. The molecule has 0 unspecified atom stereocenters. The molecule has 0 amide bonds. The Kier molecular flexibility index (Phi) is 3.00. The van der Waals surface area contributed by atoms with Crippen LogP contribution in [0.5, 0.6) is 0 Å². The van der Waals surface area contributed by atoms with Gasteiger partial charge in [-0.2, -0.15) is 5.26 Å². The van der Waals surface area contributed by atoms with Crippen LogP contribution in [0.25, 0.3) is 0 Å². The Bertz CT molecular complexity index is 446.